The van der Waals surface area contributed by atoms with Crippen molar-refractivity contribution < 1.29 is 13.9 Å². The number of rotatable bonds is 3. The lowest BCUT2D eigenvalue weighted by Crippen LogP contribution is -2.52. The predicted octanol–water partition coefficient (Wildman–Crippen LogP) is 3.35. The normalized spacial score (nSPS) is 21.3. The summed E-state index contributed by atoms with van der Waals surface area (Å²) in [6.07, 6.45) is 6.68. The third-order valence-electron chi connectivity index (χ3n) is 7.63. The van der Waals surface area contributed by atoms with E-state index in [1.807, 2.05) is 30.9 Å². The number of nitrogens with one attached hydrogen (secondary N) is 1. The Bertz CT molecular complexity index is 1060. The molecule has 3 aliphatic rings. The molecule has 0 saturated carbocycles. The summed E-state index contributed by atoms with van der Waals surface area (Å²) in [4.78, 5) is 27.6. The van der Waals surface area contributed by atoms with Crippen LogP contribution in [0.2, 0.25) is 0 Å². The topological polar surface area (TPSA) is 71.8 Å². The standard InChI is InChI=1S/C25H32N2O4/c1-16-21(8-7-19-18-5-3-6-20(18)24(29)31-22(16)19)30-17(2)23(28)27-14-4-9-25(15-27)10-12-26-13-11-25/h7-8,17,26H,3-6,9-15H2,1-2H3. The number of piperidine rings is 2. The first-order valence-corrected chi connectivity index (χ1v) is 11.7. The van der Waals surface area contributed by atoms with E-state index in [4.69, 9.17) is 9.15 Å². The van der Waals surface area contributed by atoms with E-state index >= 15 is 0 Å². The molecule has 1 atom stereocenters. The Morgan fingerprint density at radius 1 is 1.16 bits per heavy atom. The van der Waals surface area contributed by atoms with Gasteiger partial charge in [0.25, 0.3) is 5.91 Å². The van der Waals surface area contributed by atoms with Gasteiger partial charge in [0.1, 0.15) is 11.3 Å². The highest BCUT2D eigenvalue weighted by molar-refractivity contribution is 5.87. The van der Waals surface area contributed by atoms with Crippen LogP contribution in [0.5, 0.6) is 5.75 Å². The number of aryl methyl sites for hydroxylation is 2. The van der Waals surface area contributed by atoms with Crippen LogP contribution in [-0.2, 0) is 17.6 Å². The Hall–Kier alpha value is -2.34. The molecule has 1 aromatic carbocycles. The fourth-order valence-corrected chi connectivity index (χ4v) is 5.85. The Balaban J connectivity index is 1.36. The molecular weight excluding hydrogens is 392 g/mol. The number of ether oxygens (including phenoxy) is 1. The molecular formula is C25H32N2O4. The molecule has 31 heavy (non-hydrogen) atoms. The largest absolute Gasteiger partial charge is 0.480 e. The molecule has 6 nitrogen and oxygen atoms in total. The van der Waals surface area contributed by atoms with Gasteiger partial charge in [-0.1, -0.05) is 0 Å². The Morgan fingerprint density at radius 2 is 1.94 bits per heavy atom. The van der Waals surface area contributed by atoms with Crippen LogP contribution >= 0.6 is 0 Å². The molecule has 0 bridgehead atoms. The summed E-state index contributed by atoms with van der Waals surface area (Å²) in [5.41, 5.74) is 3.35. The number of hydrogen-bond acceptors (Lipinski definition) is 5. The molecule has 6 heteroatoms. The second-order valence-corrected chi connectivity index (χ2v) is 9.64. The first kappa shape index (κ1) is 20.6. The minimum atomic E-state index is -0.575. The average Bonchev–Trinajstić information content (AvgIpc) is 3.27. The molecule has 3 heterocycles. The first-order valence-electron chi connectivity index (χ1n) is 11.7. The van der Waals surface area contributed by atoms with Crippen molar-refractivity contribution >= 4 is 16.9 Å². The van der Waals surface area contributed by atoms with Crippen molar-refractivity contribution in [2.75, 3.05) is 26.2 Å². The maximum atomic E-state index is 13.2. The fraction of sp³-hybridized carbons (Fsp3) is 0.600. The number of nitrogens with zero attached hydrogens (tertiary/aromatic N) is 1. The molecule has 2 aliphatic heterocycles. The summed E-state index contributed by atoms with van der Waals surface area (Å²) in [5, 5.41) is 4.44. The number of fused-ring (bicyclic) bond motifs is 3. The summed E-state index contributed by atoms with van der Waals surface area (Å²) < 4.78 is 11.8. The lowest BCUT2D eigenvalue weighted by Gasteiger charge is -2.45. The second-order valence-electron chi connectivity index (χ2n) is 9.64. The molecule has 1 amide bonds. The van der Waals surface area contributed by atoms with Crippen LogP contribution in [0.4, 0.5) is 0 Å². The van der Waals surface area contributed by atoms with E-state index in [0.29, 0.717) is 11.3 Å². The molecule has 1 aromatic heterocycles. The highest BCUT2D eigenvalue weighted by Crippen LogP contribution is 2.38. The van der Waals surface area contributed by atoms with Crippen molar-refractivity contribution in [3.63, 3.8) is 0 Å². The third-order valence-corrected chi connectivity index (χ3v) is 7.63. The minimum Gasteiger partial charge on any atom is -0.480 e. The molecule has 0 radical (unpaired) electrons. The monoisotopic (exact) mass is 424 g/mol. The molecule has 1 N–H and O–H groups in total. The Labute approximate surface area is 182 Å². The zero-order valence-corrected chi connectivity index (χ0v) is 18.6. The summed E-state index contributed by atoms with van der Waals surface area (Å²) in [5.74, 6) is 0.663. The molecule has 2 aromatic rings. The van der Waals surface area contributed by atoms with Crippen LogP contribution in [-0.4, -0.2) is 43.1 Å². The van der Waals surface area contributed by atoms with Gasteiger partial charge < -0.3 is 19.4 Å². The number of carbonyl (C=O) groups excluding carboxylic acids is 1. The average molecular weight is 425 g/mol. The van der Waals surface area contributed by atoms with Crippen molar-refractivity contribution in [2.45, 2.75) is 64.9 Å². The van der Waals surface area contributed by atoms with E-state index in [-0.39, 0.29) is 16.9 Å². The van der Waals surface area contributed by atoms with Gasteiger partial charge in [-0.15, -0.1) is 0 Å². The molecule has 2 saturated heterocycles. The van der Waals surface area contributed by atoms with Crippen LogP contribution in [0.3, 0.4) is 0 Å². The maximum Gasteiger partial charge on any atom is 0.339 e. The van der Waals surface area contributed by atoms with E-state index in [9.17, 15) is 9.59 Å². The Kier molecular flexibility index (Phi) is 5.29. The third kappa shape index (κ3) is 3.65. The molecule has 5 rings (SSSR count). The van der Waals surface area contributed by atoms with Gasteiger partial charge in [-0.05, 0) is 95.0 Å². The zero-order valence-electron chi connectivity index (χ0n) is 18.6. The van der Waals surface area contributed by atoms with Gasteiger partial charge >= 0.3 is 5.63 Å². The van der Waals surface area contributed by atoms with Crippen molar-refractivity contribution in [2.24, 2.45) is 5.41 Å². The molecule has 166 valence electrons. The maximum absolute atomic E-state index is 13.2. The molecule has 1 spiro atoms. The van der Waals surface area contributed by atoms with E-state index in [2.05, 4.69) is 5.32 Å². The first-order chi connectivity index (χ1) is 15.0. The van der Waals surface area contributed by atoms with E-state index < -0.39 is 6.10 Å². The molecule has 1 aliphatic carbocycles. The van der Waals surface area contributed by atoms with Gasteiger partial charge in [0.2, 0.25) is 0 Å². The Morgan fingerprint density at radius 3 is 2.74 bits per heavy atom. The van der Waals surface area contributed by atoms with E-state index in [0.717, 1.165) is 86.8 Å². The van der Waals surface area contributed by atoms with Crippen molar-refractivity contribution in [1.82, 2.24) is 10.2 Å². The van der Waals surface area contributed by atoms with Crippen LogP contribution in [0.25, 0.3) is 11.0 Å². The van der Waals surface area contributed by atoms with Crippen LogP contribution < -0.4 is 15.7 Å². The van der Waals surface area contributed by atoms with Crippen molar-refractivity contribution in [1.29, 1.82) is 0 Å². The smallest absolute Gasteiger partial charge is 0.339 e. The van der Waals surface area contributed by atoms with E-state index in [1.165, 1.54) is 6.42 Å². The number of likely N-dealkylation sites (tertiary alicyclic amines) is 1. The number of benzene rings is 1. The SMILES string of the molecule is Cc1c(OC(C)C(=O)N2CCCC3(CCNCC3)C2)ccc2c3c(c(=O)oc12)CCC3. The van der Waals surface area contributed by atoms with E-state index in [1.54, 1.807) is 0 Å². The van der Waals surface area contributed by atoms with Gasteiger partial charge in [0.15, 0.2) is 6.10 Å². The fourth-order valence-electron chi connectivity index (χ4n) is 5.85. The van der Waals surface area contributed by atoms with Crippen LogP contribution in [0.15, 0.2) is 21.3 Å². The van der Waals surface area contributed by atoms with Gasteiger partial charge in [0, 0.05) is 29.6 Å². The minimum absolute atomic E-state index is 0.0486. The summed E-state index contributed by atoms with van der Waals surface area (Å²) in [7, 11) is 0. The second kappa shape index (κ2) is 7.97. The lowest BCUT2D eigenvalue weighted by atomic mass is 9.73. The summed E-state index contributed by atoms with van der Waals surface area (Å²) in [6, 6.07) is 3.90. The van der Waals surface area contributed by atoms with Crippen molar-refractivity contribution in [3.8, 4) is 5.75 Å². The summed E-state index contributed by atoms with van der Waals surface area (Å²) >= 11 is 0. The number of hydrogen-bond donors (Lipinski definition) is 1. The summed E-state index contributed by atoms with van der Waals surface area (Å²) in [6.45, 7) is 7.45. The zero-order chi connectivity index (χ0) is 21.6. The highest BCUT2D eigenvalue weighted by Gasteiger charge is 2.39. The number of amides is 1. The van der Waals surface area contributed by atoms with Gasteiger partial charge in [0.05, 0.1) is 0 Å². The predicted molar refractivity (Wildman–Crippen MR) is 120 cm³/mol. The van der Waals surface area contributed by atoms with Gasteiger partial charge in [-0.2, -0.15) is 0 Å². The molecule has 1 unspecified atom stereocenters. The van der Waals surface area contributed by atoms with Gasteiger partial charge in [-0.3, -0.25) is 4.79 Å². The van der Waals surface area contributed by atoms with Gasteiger partial charge in [-0.25, -0.2) is 4.79 Å². The highest BCUT2D eigenvalue weighted by atomic mass is 16.5. The van der Waals surface area contributed by atoms with Crippen molar-refractivity contribution in [3.05, 3.63) is 39.2 Å². The lowest BCUT2D eigenvalue weighted by molar-refractivity contribution is -0.142. The number of carbonyl (C=O) groups is 1. The molecule has 2 fully saturated rings. The van der Waals surface area contributed by atoms with Crippen LogP contribution in [0, 0.1) is 12.3 Å². The quantitative estimate of drug-likeness (QED) is 0.765. The van der Waals surface area contributed by atoms with Crippen LogP contribution in [0.1, 0.15) is 55.7 Å².